The molecule has 0 aromatic carbocycles. The largest absolute Gasteiger partial charge is 0.380 e. The molecule has 7 heteroatoms. The van der Waals surface area contributed by atoms with Crippen LogP contribution in [-0.4, -0.2) is 49.9 Å². The van der Waals surface area contributed by atoms with Crippen LogP contribution in [0.2, 0.25) is 0 Å². The number of nitrogens with zero attached hydrogens (tertiary/aromatic N) is 5. The second-order valence-corrected chi connectivity index (χ2v) is 6.40. The van der Waals surface area contributed by atoms with Crippen LogP contribution in [-0.2, 0) is 18.3 Å². The van der Waals surface area contributed by atoms with Gasteiger partial charge in [0.2, 0.25) is 0 Å². The Morgan fingerprint density at radius 3 is 2.71 bits per heavy atom. The van der Waals surface area contributed by atoms with Gasteiger partial charge in [0, 0.05) is 45.1 Å². The SMILES string of the molecule is CCn1c(C)cc(C(=O)N2C[C@H](OC)C[C@H]2c2nncn2C)c1C. The number of hydrogen-bond acceptors (Lipinski definition) is 4. The number of rotatable bonds is 4. The predicted molar refractivity (Wildman–Crippen MR) is 89.8 cm³/mol. The van der Waals surface area contributed by atoms with Crippen LogP contribution in [0.1, 0.15) is 47.0 Å². The molecule has 1 aliphatic rings. The Balaban J connectivity index is 1.96. The highest BCUT2D eigenvalue weighted by molar-refractivity contribution is 5.96. The predicted octanol–water partition coefficient (Wildman–Crippen LogP) is 1.86. The Kier molecular flexibility index (Phi) is 4.45. The summed E-state index contributed by atoms with van der Waals surface area (Å²) in [6.07, 6.45) is 2.42. The van der Waals surface area contributed by atoms with Crippen molar-refractivity contribution >= 4 is 5.91 Å². The maximum atomic E-state index is 13.2. The van der Waals surface area contributed by atoms with Crippen LogP contribution in [0.15, 0.2) is 12.4 Å². The first kappa shape index (κ1) is 16.7. The lowest BCUT2D eigenvalue weighted by Gasteiger charge is -2.23. The van der Waals surface area contributed by atoms with E-state index in [4.69, 9.17) is 4.74 Å². The summed E-state index contributed by atoms with van der Waals surface area (Å²) >= 11 is 0. The van der Waals surface area contributed by atoms with Gasteiger partial charge < -0.3 is 18.8 Å². The first-order valence-electron chi connectivity index (χ1n) is 8.32. The molecule has 0 aliphatic carbocycles. The molecule has 1 fully saturated rings. The zero-order valence-corrected chi connectivity index (χ0v) is 15.0. The molecule has 0 N–H and O–H groups in total. The van der Waals surface area contributed by atoms with E-state index in [-0.39, 0.29) is 18.1 Å². The summed E-state index contributed by atoms with van der Waals surface area (Å²) in [5.74, 6) is 0.836. The number of carbonyl (C=O) groups is 1. The smallest absolute Gasteiger partial charge is 0.256 e. The van der Waals surface area contributed by atoms with Gasteiger partial charge in [0.1, 0.15) is 6.33 Å². The molecule has 2 atom stereocenters. The van der Waals surface area contributed by atoms with Gasteiger partial charge >= 0.3 is 0 Å². The van der Waals surface area contributed by atoms with Gasteiger partial charge in [-0.05, 0) is 26.8 Å². The van der Waals surface area contributed by atoms with Gasteiger partial charge in [0.05, 0.1) is 17.7 Å². The van der Waals surface area contributed by atoms with Gasteiger partial charge in [0.25, 0.3) is 5.91 Å². The molecule has 130 valence electrons. The Bertz CT molecular complexity index is 748. The molecule has 2 aromatic rings. The van der Waals surface area contributed by atoms with Crippen molar-refractivity contribution in [2.45, 2.75) is 45.9 Å². The third kappa shape index (κ3) is 2.62. The zero-order valence-electron chi connectivity index (χ0n) is 15.0. The minimum Gasteiger partial charge on any atom is -0.380 e. The summed E-state index contributed by atoms with van der Waals surface area (Å²) in [6, 6.07) is 1.87. The maximum absolute atomic E-state index is 13.2. The van der Waals surface area contributed by atoms with Crippen molar-refractivity contribution < 1.29 is 9.53 Å². The van der Waals surface area contributed by atoms with E-state index >= 15 is 0 Å². The van der Waals surface area contributed by atoms with Crippen LogP contribution in [0.4, 0.5) is 0 Å². The number of aromatic nitrogens is 4. The fourth-order valence-corrected chi connectivity index (χ4v) is 3.69. The van der Waals surface area contributed by atoms with Gasteiger partial charge in [-0.15, -0.1) is 10.2 Å². The molecule has 1 aliphatic heterocycles. The molecular weight excluding hydrogens is 306 g/mol. The van der Waals surface area contributed by atoms with E-state index in [1.807, 2.05) is 36.4 Å². The highest BCUT2D eigenvalue weighted by atomic mass is 16.5. The third-order valence-electron chi connectivity index (χ3n) is 5.02. The summed E-state index contributed by atoms with van der Waals surface area (Å²) in [6.45, 7) is 7.56. The molecule has 24 heavy (non-hydrogen) atoms. The molecule has 0 radical (unpaired) electrons. The highest BCUT2D eigenvalue weighted by Crippen LogP contribution is 2.34. The number of aryl methyl sites for hydroxylation is 2. The molecule has 3 heterocycles. The molecular formula is C17H25N5O2. The number of amides is 1. The summed E-state index contributed by atoms with van der Waals surface area (Å²) in [4.78, 5) is 15.1. The van der Waals surface area contributed by atoms with Crippen molar-refractivity contribution in [1.29, 1.82) is 0 Å². The van der Waals surface area contributed by atoms with Crippen molar-refractivity contribution in [2.75, 3.05) is 13.7 Å². The normalized spacial score (nSPS) is 20.8. The number of likely N-dealkylation sites (tertiary alicyclic amines) is 1. The van der Waals surface area contributed by atoms with Crippen LogP contribution >= 0.6 is 0 Å². The van der Waals surface area contributed by atoms with Gasteiger partial charge in [0.15, 0.2) is 5.82 Å². The number of ether oxygens (including phenoxy) is 1. The van der Waals surface area contributed by atoms with Crippen molar-refractivity contribution in [3.05, 3.63) is 35.2 Å². The Morgan fingerprint density at radius 2 is 2.17 bits per heavy atom. The number of carbonyl (C=O) groups excluding carboxylic acids is 1. The molecule has 2 aromatic heterocycles. The Labute approximate surface area is 142 Å². The zero-order chi connectivity index (χ0) is 17.4. The second-order valence-electron chi connectivity index (χ2n) is 6.40. The molecule has 7 nitrogen and oxygen atoms in total. The minimum atomic E-state index is -0.111. The number of methoxy groups -OCH3 is 1. The Morgan fingerprint density at radius 1 is 1.42 bits per heavy atom. The fourth-order valence-electron chi connectivity index (χ4n) is 3.69. The average molecular weight is 331 g/mol. The van der Waals surface area contributed by atoms with Crippen molar-refractivity contribution in [2.24, 2.45) is 7.05 Å². The van der Waals surface area contributed by atoms with Crippen molar-refractivity contribution in [3.8, 4) is 0 Å². The lowest BCUT2D eigenvalue weighted by atomic mass is 10.1. The van der Waals surface area contributed by atoms with E-state index in [2.05, 4.69) is 21.7 Å². The van der Waals surface area contributed by atoms with Gasteiger partial charge in [-0.2, -0.15) is 0 Å². The fraction of sp³-hybridized carbons (Fsp3) is 0.588. The number of hydrogen-bond donors (Lipinski definition) is 0. The maximum Gasteiger partial charge on any atom is 0.256 e. The second kappa shape index (κ2) is 6.39. The van der Waals surface area contributed by atoms with Crippen LogP contribution in [0.3, 0.4) is 0 Å². The lowest BCUT2D eigenvalue weighted by Crippen LogP contribution is -2.33. The summed E-state index contributed by atoms with van der Waals surface area (Å²) in [5.41, 5.74) is 2.88. The van der Waals surface area contributed by atoms with Gasteiger partial charge in [-0.3, -0.25) is 4.79 Å². The lowest BCUT2D eigenvalue weighted by molar-refractivity contribution is 0.0682. The highest BCUT2D eigenvalue weighted by Gasteiger charge is 2.39. The molecule has 0 saturated carbocycles. The first-order valence-corrected chi connectivity index (χ1v) is 8.32. The molecule has 0 spiro atoms. The van der Waals surface area contributed by atoms with E-state index in [1.54, 1.807) is 13.4 Å². The topological polar surface area (TPSA) is 65.2 Å². The van der Waals surface area contributed by atoms with Crippen molar-refractivity contribution in [3.63, 3.8) is 0 Å². The summed E-state index contributed by atoms with van der Waals surface area (Å²) in [5, 5.41) is 8.18. The van der Waals surface area contributed by atoms with Crippen LogP contribution in [0.25, 0.3) is 0 Å². The van der Waals surface area contributed by atoms with Crippen LogP contribution in [0.5, 0.6) is 0 Å². The summed E-state index contributed by atoms with van der Waals surface area (Å²) in [7, 11) is 3.59. The summed E-state index contributed by atoms with van der Waals surface area (Å²) < 4.78 is 9.55. The first-order chi connectivity index (χ1) is 11.5. The molecule has 0 unspecified atom stereocenters. The average Bonchev–Trinajstić information content (AvgIpc) is 3.24. The molecule has 1 amide bonds. The van der Waals surface area contributed by atoms with E-state index < -0.39 is 0 Å². The van der Waals surface area contributed by atoms with E-state index in [0.29, 0.717) is 6.54 Å². The van der Waals surface area contributed by atoms with Crippen LogP contribution < -0.4 is 0 Å². The molecule has 1 saturated heterocycles. The van der Waals surface area contributed by atoms with E-state index in [0.717, 1.165) is 35.7 Å². The third-order valence-corrected chi connectivity index (χ3v) is 5.02. The van der Waals surface area contributed by atoms with Gasteiger partial charge in [-0.25, -0.2) is 0 Å². The quantitative estimate of drug-likeness (QED) is 0.858. The van der Waals surface area contributed by atoms with E-state index in [1.165, 1.54) is 0 Å². The van der Waals surface area contributed by atoms with E-state index in [9.17, 15) is 4.79 Å². The van der Waals surface area contributed by atoms with Gasteiger partial charge in [-0.1, -0.05) is 0 Å². The standard InChI is InChI=1S/C17H25N5O2/c1-6-21-11(2)7-14(12(21)3)17(23)22-9-13(24-5)8-15(22)16-19-18-10-20(16)4/h7,10,13,15H,6,8-9H2,1-5H3/t13-,15+/m1/s1. The molecule has 3 rings (SSSR count). The molecule has 0 bridgehead atoms. The Hall–Kier alpha value is -2.15. The minimum absolute atomic E-state index is 0.0188. The monoisotopic (exact) mass is 331 g/mol. The van der Waals surface area contributed by atoms with Crippen LogP contribution in [0, 0.1) is 13.8 Å². The van der Waals surface area contributed by atoms with Crippen molar-refractivity contribution in [1.82, 2.24) is 24.2 Å².